The minimum atomic E-state index is -1.01. The number of nitrogens with zero attached hydrogens (tertiary/aromatic N) is 1. The van der Waals surface area contributed by atoms with Crippen LogP contribution in [0.2, 0.25) is 0 Å². The molecular weight excluding hydrogens is 322 g/mol. The molecule has 2 N–H and O–H groups in total. The molecule has 6 nitrogen and oxygen atoms in total. The lowest BCUT2D eigenvalue weighted by atomic mass is 9.93. The summed E-state index contributed by atoms with van der Waals surface area (Å²) in [6, 6.07) is 10.5. The molecule has 25 heavy (non-hydrogen) atoms. The number of ether oxygens (including phenoxy) is 1. The van der Waals surface area contributed by atoms with Gasteiger partial charge in [-0.05, 0) is 41.5 Å². The standard InChI is InChI=1S/C19H15NO5/c21-12-15-5-6-16(22)11-17(15)18(20-7-9-25-10-8-20)13-1-3-14(4-2-13)19(23)24/h1-12,18,22H,(H,23,24). The van der Waals surface area contributed by atoms with Crippen LogP contribution >= 0.6 is 0 Å². The average molecular weight is 337 g/mol. The first-order chi connectivity index (χ1) is 12.1. The van der Waals surface area contributed by atoms with E-state index in [2.05, 4.69) is 0 Å². The maximum Gasteiger partial charge on any atom is 0.335 e. The van der Waals surface area contributed by atoms with Crippen molar-refractivity contribution in [2.24, 2.45) is 0 Å². The van der Waals surface area contributed by atoms with Crippen molar-refractivity contribution in [2.75, 3.05) is 0 Å². The third-order valence-corrected chi connectivity index (χ3v) is 3.89. The molecule has 0 amide bonds. The number of hydrogen-bond acceptors (Lipinski definition) is 5. The highest BCUT2D eigenvalue weighted by atomic mass is 16.5. The molecule has 126 valence electrons. The number of phenolic OH excluding ortho intramolecular Hbond substituents is 1. The van der Waals surface area contributed by atoms with Gasteiger partial charge in [-0.3, -0.25) is 4.79 Å². The van der Waals surface area contributed by atoms with Crippen molar-refractivity contribution in [1.82, 2.24) is 4.90 Å². The van der Waals surface area contributed by atoms with E-state index in [9.17, 15) is 14.7 Å². The Morgan fingerprint density at radius 3 is 2.36 bits per heavy atom. The van der Waals surface area contributed by atoms with Gasteiger partial charge in [0.05, 0.1) is 11.6 Å². The first-order valence-electron chi connectivity index (χ1n) is 7.48. The molecule has 0 saturated heterocycles. The number of carbonyl (C=O) groups excluding carboxylic acids is 1. The number of rotatable bonds is 5. The molecular formula is C19H15NO5. The third-order valence-electron chi connectivity index (χ3n) is 3.89. The molecule has 0 fully saturated rings. The van der Waals surface area contributed by atoms with Crippen molar-refractivity contribution < 1.29 is 24.5 Å². The van der Waals surface area contributed by atoms with Crippen LogP contribution in [0.3, 0.4) is 0 Å². The first-order valence-corrected chi connectivity index (χ1v) is 7.48. The Labute approximate surface area is 143 Å². The van der Waals surface area contributed by atoms with Crippen LogP contribution < -0.4 is 0 Å². The summed E-state index contributed by atoms with van der Waals surface area (Å²) in [6.07, 6.45) is 7.08. The summed E-state index contributed by atoms with van der Waals surface area (Å²) in [7, 11) is 0. The lowest BCUT2D eigenvalue weighted by molar-refractivity contribution is 0.0696. The quantitative estimate of drug-likeness (QED) is 0.814. The zero-order valence-corrected chi connectivity index (χ0v) is 13.1. The predicted octanol–water partition coefficient (Wildman–Crippen LogP) is 3.27. The number of carboxylic acid groups (broad SMARTS) is 1. The Kier molecular flexibility index (Phi) is 4.52. The zero-order valence-electron chi connectivity index (χ0n) is 13.1. The molecule has 2 aromatic rings. The summed E-state index contributed by atoms with van der Waals surface area (Å²) in [5.74, 6) is -0.978. The molecule has 1 unspecified atom stereocenters. The van der Waals surface area contributed by atoms with Crippen molar-refractivity contribution in [3.63, 3.8) is 0 Å². The van der Waals surface area contributed by atoms with Gasteiger partial charge < -0.3 is 19.8 Å². The molecule has 0 spiro atoms. The Morgan fingerprint density at radius 1 is 1.08 bits per heavy atom. The topological polar surface area (TPSA) is 87.1 Å². The molecule has 0 radical (unpaired) electrons. The van der Waals surface area contributed by atoms with Crippen molar-refractivity contribution in [2.45, 2.75) is 6.04 Å². The van der Waals surface area contributed by atoms with Crippen LogP contribution in [-0.2, 0) is 4.74 Å². The highest BCUT2D eigenvalue weighted by Crippen LogP contribution is 2.34. The van der Waals surface area contributed by atoms with Gasteiger partial charge in [-0.2, -0.15) is 0 Å². The third kappa shape index (κ3) is 3.37. The van der Waals surface area contributed by atoms with E-state index in [0.717, 1.165) is 11.8 Å². The summed E-state index contributed by atoms with van der Waals surface area (Å²) < 4.78 is 5.05. The van der Waals surface area contributed by atoms with Crippen LogP contribution in [0, 0.1) is 0 Å². The van der Waals surface area contributed by atoms with Gasteiger partial charge in [0.25, 0.3) is 0 Å². The van der Waals surface area contributed by atoms with Gasteiger partial charge in [-0.15, -0.1) is 0 Å². The molecule has 3 rings (SSSR count). The Hall–Kier alpha value is -3.54. The van der Waals surface area contributed by atoms with E-state index in [0.29, 0.717) is 11.1 Å². The second-order valence-electron chi connectivity index (χ2n) is 5.41. The number of carbonyl (C=O) groups is 2. The van der Waals surface area contributed by atoms with Gasteiger partial charge >= 0.3 is 5.97 Å². The molecule has 2 aromatic carbocycles. The lowest BCUT2D eigenvalue weighted by Crippen LogP contribution is -2.22. The summed E-state index contributed by atoms with van der Waals surface area (Å²) in [5.41, 5.74) is 1.95. The predicted molar refractivity (Wildman–Crippen MR) is 89.9 cm³/mol. The van der Waals surface area contributed by atoms with Crippen molar-refractivity contribution in [3.05, 3.63) is 89.6 Å². The van der Waals surface area contributed by atoms with E-state index in [4.69, 9.17) is 9.84 Å². The number of benzene rings is 2. The van der Waals surface area contributed by atoms with Gasteiger partial charge in [-0.1, -0.05) is 12.1 Å². The second kappa shape index (κ2) is 6.92. The highest BCUT2D eigenvalue weighted by molar-refractivity contribution is 5.87. The summed E-state index contributed by atoms with van der Waals surface area (Å²) in [4.78, 5) is 24.3. The van der Waals surface area contributed by atoms with Crippen LogP contribution in [0.4, 0.5) is 0 Å². The normalized spacial score (nSPS) is 14.0. The minimum Gasteiger partial charge on any atom is -0.508 e. The van der Waals surface area contributed by atoms with Crippen LogP contribution in [0.15, 0.2) is 67.4 Å². The Morgan fingerprint density at radius 2 is 1.76 bits per heavy atom. The summed E-state index contributed by atoms with van der Waals surface area (Å²) in [6.45, 7) is 0. The van der Waals surface area contributed by atoms with Crippen molar-refractivity contribution >= 4 is 12.3 Å². The average Bonchev–Trinajstić information content (AvgIpc) is 2.63. The van der Waals surface area contributed by atoms with Crippen LogP contribution in [0.25, 0.3) is 0 Å². The number of aromatic carboxylic acids is 1. The SMILES string of the molecule is O=Cc1ccc(O)cc1C(c1ccc(C(=O)O)cc1)N1C=COC=C1. The van der Waals surface area contributed by atoms with Crippen LogP contribution in [0.1, 0.15) is 37.9 Å². The monoisotopic (exact) mass is 337 g/mol. The molecule has 6 heteroatoms. The number of phenols is 1. The van der Waals surface area contributed by atoms with Crippen molar-refractivity contribution in [1.29, 1.82) is 0 Å². The maximum atomic E-state index is 11.5. The smallest absolute Gasteiger partial charge is 0.335 e. The van der Waals surface area contributed by atoms with E-state index in [1.807, 2.05) is 0 Å². The fourth-order valence-electron chi connectivity index (χ4n) is 2.70. The van der Waals surface area contributed by atoms with Crippen molar-refractivity contribution in [3.8, 4) is 5.75 Å². The molecule has 0 aliphatic carbocycles. The molecule has 0 bridgehead atoms. The largest absolute Gasteiger partial charge is 0.508 e. The van der Waals surface area contributed by atoms with E-state index < -0.39 is 12.0 Å². The van der Waals surface area contributed by atoms with Gasteiger partial charge in [0, 0.05) is 18.0 Å². The fourth-order valence-corrected chi connectivity index (χ4v) is 2.70. The number of aromatic hydroxyl groups is 1. The van der Waals surface area contributed by atoms with Gasteiger partial charge in [0.2, 0.25) is 0 Å². The van der Waals surface area contributed by atoms with E-state index in [1.54, 1.807) is 35.5 Å². The lowest BCUT2D eigenvalue weighted by Gasteiger charge is -2.30. The summed E-state index contributed by atoms with van der Waals surface area (Å²) in [5, 5.41) is 18.9. The number of carboxylic acids is 1. The second-order valence-corrected chi connectivity index (χ2v) is 5.41. The van der Waals surface area contributed by atoms with Crippen LogP contribution in [0.5, 0.6) is 5.75 Å². The van der Waals surface area contributed by atoms with Gasteiger partial charge in [0.15, 0.2) is 0 Å². The van der Waals surface area contributed by atoms with E-state index in [1.165, 1.54) is 36.8 Å². The minimum absolute atomic E-state index is 0.0361. The molecule has 1 aliphatic heterocycles. The zero-order chi connectivity index (χ0) is 17.8. The van der Waals surface area contributed by atoms with Gasteiger partial charge in [0.1, 0.15) is 24.6 Å². The highest BCUT2D eigenvalue weighted by Gasteiger charge is 2.23. The Bertz CT molecular complexity index is 843. The Balaban J connectivity index is 2.13. The molecule has 0 aromatic heterocycles. The fraction of sp³-hybridized carbons (Fsp3) is 0.0526. The van der Waals surface area contributed by atoms with E-state index in [-0.39, 0.29) is 11.3 Å². The summed E-state index contributed by atoms with van der Waals surface area (Å²) >= 11 is 0. The molecule has 1 atom stereocenters. The number of aldehydes is 1. The molecule has 0 saturated carbocycles. The first kappa shape index (κ1) is 16.3. The molecule has 1 aliphatic rings. The van der Waals surface area contributed by atoms with Crippen LogP contribution in [-0.4, -0.2) is 27.4 Å². The van der Waals surface area contributed by atoms with Gasteiger partial charge in [-0.25, -0.2) is 4.79 Å². The molecule has 1 heterocycles. The maximum absolute atomic E-state index is 11.5. The van der Waals surface area contributed by atoms with E-state index >= 15 is 0 Å². The number of hydrogen-bond donors (Lipinski definition) is 2.